The Bertz CT molecular complexity index is 854. The number of urea groups is 1. The van der Waals surface area contributed by atoms with Crippen LogP contribution in [0.3, 0.4) is 0 Å². The third-order valence-corrected chi connectivity index (χ3v) is 8.99. The van der Waals surface area contributed by atoms with E-state index < -0.39 is 0 Å². The van der Waals surface area contributed by atoms with Gasteiger partial charge in [0, 0.05) is 29.9 Å². The maximum absolute atomic E-state index is 12.6. The van der Waals surface area contributed by atoms with E-state index in [0.29, 0.717) is 38.0 Å². The van der Waals surface area contributed by atoms with Crippen LogP contribution in [-0.4, -0.2) is 91.3 Å². The Morgan fingerprint density at radius 1 is 1.08 bits per heavy atom. The number of amides is 5. The van der Waals surface area contributed by atoms with Gasteiger partial charge in [-0.15, -0.1) is 0 Å². The summed E-state index contributed by atoms with van der Waals surface area (Å²) in [6.45, 7) is 4.04. The number of nitrogens with one attached hydrogen (secondary N) is 3. The Morgan fingerprint density at radius 3 is 2.72 bits per heavy atom. The van der Waals surface area contributed by atoms with Gasteiger partial charge in [0.25, 0.3) is 0 Å². The van der Waals surface area contributed by atoms with Crippen molar-refractivity contribution in [2.24, 2.45) is 17.8 Å². The molecule has 4 rings (SSSR count). The van der Waals surface area contributed by atoms with Crippen molar-refractivity contribution in [1.82, 2.24) is 20.9 Å². The first-order valence-electron chi connectivity index (χ1n) is 13.1. The molecule has 3 saturated heterocycles. The average Bonchev–Trinajstić information content (AvgIpc) is 3.57. The van der Waals surface area contributed by atoms with Crippen molar-refractivity contribution in [3.8, 4) is 0 Å². The predicted molar refractivity (Wildman–Crippen MR) is 135 cm³/mol. The molecule has 3 N–H and O–H groups in total. The molecule has 3 fully saturated rings. The minimum Gasteiger partial charge on any atom is -0.377 e. The van der Waals surface area contributed by atoms with E-state index in [1.165, 1.54) is 4.90 Å². The topological polar surface area (TPSA) is 126 Å². The number of imide groups is 1. The number of carbonyl (C=O) groups is 4. The number of carbonyl (C=O) groups excluding carboxylic acids is 4. The lowest BCUT2D eigenvalue weighted by molar-refractivity contribution is -0.148. The van der Waals surface area contributed by atoms with E-state index in [2.05, 4.69) is 16.0 Å². The molecule has 200 valence electrons. The summed E-state index contributed by atoms with van der Waals surface area (Å²) in [6.07, 6.45) is 7.94. The molecule has 5 amide bonds. The molecule has 0 aromatic rings. The van der Waals surface area contributed by atoms with Crippen LogP contribution in [-0.2, 0) is 23.9 Å². The molecule has 6 atom stereocenters. The summed E-state index contributed by atoms with van der Waals surface area (Å²) in [5.41, 5.74) is 0. The molecular formula is C25H38N4O6S. The first-order valence-corrected chi connectivity index (χ1v) is 14.1. The smallest absolute Gasteiger partial charge is 0.315 e. The number of likely N-dealkylation sites (tertiary alicyclic amines) is 1. The van der Waals surface area contributed by atoms with Crippen LogP contribution in [0.1, 0.15) is 39.0 Å². The monoisotopic (exact) mass is 522 g/mol. The second-order valence-corrected chi connectivity index (χ2v) is 11.2. The summed E-state index contributed by atoms with van der Waals surface area (Å²) < 4.78 is 11.0. The van der Waals surface area contributed by atoms with E-state index in [1.807, 2.05) is 30.8 Å². The van der Waals surface area contributed by atoms with Gasteiger partial charge in [-0.05, 0) is 25.2 Å². The van der Waals surface area contributed by atoms with Gasteiger partial charge in [-0.25, -0.2) is 4.79 Å². The summed E-state index contributed by atoms with van der Waals surface area (Å²) in [7, 11) is 0. The zero-order chi connectivity index (χ0) is 25.5. The average molecular weight is 523 g/mol. The minimum absolute atomic E-state index is 0.0206. The van der Waals surface area contributed by atoms with Gasteiger partial charge in [-0.2, -0.15) is 11.8 Å². The van der Waals surface area contributed by atoms with Gasteiger partial charge < -0.3 is 25.4 Å². The maximum atomic E-state index is 12.6. The van der Waals surface area contributed by atoms with Crippen LogP contribution in [0.15, 0.2) is 12.2 Å². The summed E-state index contributed by atoms with van der Waals surface area (Å²) in [4.78, 5) is 49.9. The van der Waals surface area contributed by atoms with Crippen molar-refractivity contribution in [2.45, 2.75) is 56.4 Å². The third-order valence-electron chi connectivity index (χ3n) is 7.48. The lowest BCUT2D eigenvalue weighted by Crippen LogP contribution is -2.43. The van der Waals surface area contributed by atoms with Gasteiger partial charge in [0.05, 0.1) is 51.0 Å². The second kappa shape index (κ2) is 12.9. The van der Waals surface area contributed by atoms with Crippen molar-refractivity contribution in [3.05, 3.63) is 12.2 Å². The molecule has 0 aromatic heterocycles. The second-order valence-electron chi connectivity index (χ2n) is 9.95. The van der Waals surface area contributed by atoms with E-state index in [0.717, 1.165) is 31.4 Å². The van der Waals surface area contributed by atoms with Gasteiger partial charge in [-0.3, -0.25) is 19.3 Å². The van der Waals surface area contributed by atoms with Gasteiger partial charge in [0.1, 0.15) is 0 Å². The molecule has 3 aliphatic heterocycles. The van der Waals surface area contributed by atoms with E-state index in [-0.39, 0.29) is 66.7 Å². The molecule has 3 heterocycles. The number of ether oxygens (including phenoxy) is 2. The normalized spacial score (nSPS) is 30.8. The fourth-order valence-electron chi connectivity index (χ4n) is 5.34. The van der Waals surface area contributed by atoms with Crippen molar-refractivity contribution in [1.29, 1.82) is 0 Å². The molecule has 0 aromatic carbocycles. The maximum Gasteiger partial charge on any atom is 0.315 e. The number of hydrogen-bond donors (Lipinski definition) is 3. The Labute approximate surface area is 216 Å². The standard InChI is InChI=1S/C25H38N4O6S/c1-16-17-6-7-18(14-17)24(32)29(23(16)31)9-11-35-13-12-34-10-8-26-21(30)5-3-2-4-20-22-19(15-36-20)27-25(33)28-22/h6-7,16-20,22H,2-5,8-15H2,1H3,(H,26,30)(H2,27,28,33). The minimum atomic E-state index is -0.185. The molecule has 0 spiro atoms. The first kappa shape index (κ1) is 26.9. The van der Waals surface area contributed by atoms with E-state index in [9.17, 15) is 19.2 Å². The number of unbranched alkanes of at least 4 members (excludes halogenated alkanes) is 1. The molecule has 10 nitrogen and oxygen atoms in total. The van der Waals surface area contributed by atoms with Crippen LogP contribution in [0.25, 0.3) is 0 Å². The summed E-state index contributed by atoms with van der Waals surface area (Å²) >= 11 is 1.89. The van der Waals surface area contributed by atoms with Crippen LogP contribution >= 0.6 is 11.8 Å². The third kappa shape index (κ3) is 6.80. The molecule has 0 radical (unpaired) electrons. The Hall–Kier alpha value is -2.11. The zero-order valence-corrected chi connectivity index (χ0v) is 21.7. The van der Waals surface area contributed by atoms with Gasteiger partial charge in [-0.1, -0.05) is 25.5 Å². The SMILES string of the molecule is CC1C(=O)N(CCOCCOCCNC(=O)CCCCC2SCC3NC(=O)NC32)C(=O)C2C=CC1C2. The van der Waals surface area contributed by atoms with E-state index >= 15 is 0 Å². The summed E-state index contributed by atoms with van der Waals surface area (Å²) in [6, 6.07) is 0.390. The fraction of sp³-hybridized carbons (Fsp3) is 0.760. The van der Waals surface area contributed by atoms with Gasteiger partial charge in [0.15, 0.2) is 0 Å². The van der Waals surface area contributed by atoms with Crippen molar-refractivity contribution in [3.63, 3.8) is 0 Å². The lowest BCUT2D eigenvalue weighted by atomic mass is 9.92. The largest absolute Gasteiger partial charge is 0.377 e. The number of rotatable bonds is 14. The zero-order valence-electron chi connectivity index (χ0n) is 20.9. The number of nitrogens with zero attached hydrogens (tertiary/aromatic N) is 1. The van der Waals surface area contributed by atoms with E-state index in [4.69, 9.17) is 9.47 Å². The molecule has 11 heteroatoms. The molecule has 4 aliphatic rings. The predicted octanol–water partition coefficient (Wildman–Crippen LogP) is 1.06. The Balaban J connectivity index is 0.966. The number of hydrogen-bond acceptors (Lipinski definition) is 7. The molecule has 0 saturated carbocycles. The molecular weight excluding hydrogens is 484 g/mol. The number of thioether (sulfide) groups is 1. The van der Waals surface area contributed by atoms with Crippen LogP contribution in [0.5, 0.6) is 0 Å². The fourth-order valence-corrected chi connectivity index (χ4v) is 6.89. The van der Waals surface area contributed by atoms with Crippen molar-refractivity contribution in [2.75, 3.05) is 45.3 Å². The highest BCUT2D eigenvalue weighted by Gasteiger charge is 2.43. The van der Waals surface area contributed by atoms with E-state index in [1.54, 1.807) is 0 Å². The first-order chi connectivity index (χ1) is 17.4. The van der Waals surface area contributed by atoms with Crippen molar-refractivity contribution < 1.29 is 28.7 Å². The lowest BCUT2D eigenvalue weighted by Gasteiger charge is -2.24. The summed E-state index contributed by atoms with van der Waals surface area (Å²) in [5.74, 6) is 0.536. The Morgan fingerprint density at radius 2 is 1.89 bits per heavy atom. The highest BCUT2D eigenvalue weighted by Crippen LogP contribution is 2.35. The molecule has 36 heavy (non-hydrogen) atoms. The highest BCUT2D eigenvalue weighted by atomic mass is 32.2. The summed E-state index contributed by atoms with van der Waals surface area (Å²) in [5, 5.41) is 9.23. The number of allylic oxidation sites excluding steroid dienone is 1. The molecule has 6 unspecified atom stereocenters. The van der Waals surface area contributed by atoms with Crippen LogP contribution in [0, 0.1) is 17.8 Å². The quantitative estimate of drug-likeness (QED) is 0.135. The van der Waals surface area contributed by atoms with Crippen molar-refractivity contribution >= 4 is 35.5 Å². The van der Waals surface area contributed by atoms with Crippen LogP contribution in [0.4, 0.5) is 4.79 Å². The molecule has 1 aliphatic carbocycles. The highest BCUT2D eigenvalue weighted by molar-refractivity contribution is 8.00. The number of fused-ring (bicyclic) bond motifs is 3. The van der Waals surface area contributed by atoms with Gasteiger partial charge >= 0.3 is 6.03 Å². The molecule has 2 bridgehead atoms. The van der Waals surface area contributed by atoms with Crippen LogP contribution in [0.2, 0.25) is 0 Å². The Kier molecular flexibility index (Phi) is 9.66. The van der Waals surface area contributed by atoms with Gasteiger partial charge in [0.2, 0.25) is 17.7 Å². The van der Waals surface area contributed by atoms with Crippen LogP contribution < -0.4 is 16.0 Å².